The summed E-state index contributed by atoms with van der Waals surface area (Å²) in [5.74, 6) is -0.0374. The van der Waals surface area contributed by atoms with Gasteiger partial charge in [-0.05, 0) is 25.0 Å². The first-order chi connectivity index (χ1) is 9.72. The SMILES string of the molecule is N#Cc1ccccc1NC(=O)C1(CN)CCCCCC1. The van der Waals surface area contributed by atoms with Crippen molar-refractivity contribution in [2.24, 2.45) is 11.1 Å². The molecule has 1 aromatic carbocycles. The molecule has 0 radical (unpaired) electrons. The van der Waals surface area contributed by atoms with E-state index in [0.29, 0.717) is 17.8 Å². The van der Waals surface area contributed by atoms with Gasteiger partial charge in [0.15, 0.2) is 0 Å². The topological polar surface area (TPSA) is 78.9 Å². The lowest BCUT2D eigenvalue weighted by Crippen LogP contribution is -2.42. The van der Waals surface area contributed by atoms with Gasteiger partial charge >= 0.3 is 0 Å². The molecule has 4 nitrogen and oxygen atoms in total. The number of amides is 1. The van der Waals surface area contributed by atoms with Gasteiger partial charge in [0.05, 0.1) is 16.7 Å². The highest BCUT2D eigenvalue weighted by atomic mass is 16.2. The lowest BCUT2D eigenvalue weighted by atomic mass is 9.79. The first-order valence-corrected chi connectivity index (χ1v) is 7.22. The molecule has 3 N–H and O–H groups in total. The van der Waals surface area contributed by atoms with E-state index >= 15 is 0 Å². The van der Waals surface area contributed by atoms with Gasteiger partial charge in [0, 0.05) is 6.54 Å². The van der Waals surface area contributed by atoms with Crippen LogP contribution in [0.3, 0.4) is 0 Å². The lowest BCUT2D eigenvalue weighted by molar-refractivity contribution is -0.125. The summed E-state index contributed by atoms with van der Waals surface area (Å²) in [7, 11) is 0. The Morgan fingerprint density at radius 3 is 2.50 bits per heavy atom. The number of nitrogens with zero attached hydrogens (tertiary/aromatic N) is 1. The predicted molar refractivity (Wildman–Crippen MR) is 79.0 cm³/mol. The summed E-state index contributed by atoms with van der Waals surface area (Å²) >= 11 is 0. The molecule has 0 aliphatic heterocycles. The molecule has 2 rings (SSSR count). The minimum absolute atomic E-state index is 0.0374. The number of hydrogen-bond acceptors (Lipinski definition) is 3. The molecular weight excluding hydrogens is 250 g/mol. The first-order valence-electron chi connectivity index (χ1n) is 7.22. The Hall–Kier alpha value is -1.86. The van der Waals surface area contributed by atoms with Gasteiger partial charge in [0.1, 0.15) is 6.07 Å². The van der Waals surface area contributed by atoms with E-state index in [0.717, 1.165) is 25.7 Å². The van der Waals surface area contributed by atoms with Crippen molar-refractivity contribution in [2.75, 3.05) is 11.9 Å². The van der Waals surface area contributed by atoms with E-state index in [9.17, 15) is 4.79 Å². The summed E-state index contributed by atoms with van der Waals surface area (Å²) in [6.45, 7) is 0.369. The molecule has 0 aromatic heterocycles. The number of nitrogens with two attached hydrogens (primary N) is 1. The van der Waals surface area contributed by atoms with Gasteiger partial charge in [-0.3, -0.25) is 4.79 Å². The third kappa shape index (κ3) is 3.00. The quantitative estimate of drug-likeness (QED) is 0.830. The second-order valence-electron chi connectivity index (χ2n) is 5.51. The van der Waals surface area contributed by atoms with Gasteiger partial charge in [-0.1, -0.05) is 37.8 Å². The third-order valence-corrected chi connectivity index (χ3v) is 4.23. The summed E-state index contributed by atoms with van der Waals surface area (Å²) in [6, 6.07) is 9.18. The Bertz CT molecular complexity index is 511. The van der Waals surface area contributed by atoms with Crippen LogP contribution in [0.4, 0.5) is 5.69 Å². The number of carbonyl (C=O) groups excluding carboxylic acids is 1. The molecule has 1 amide bonds. The zero-order valence-corrected chi connectivity index (χ0v) is 11.7. The van der Waals surface area contributed by atoms with Gasteiger partial charge < -0.3 is 11.1 Å². The van der Waals surface area contributed by atoms with Crippen molar-refractivity contribution in [1.29, 1.82) is 5.26 Å². The highest BCUT2D eigenvalue weighted by molar-refractivity contribution is 5.96. The monoisotopic (exact) mass is 271 g/mol. The Kier molecular flexibility index (Phi) is 4.75. The van der Waals surface area contributed by atoms with Gasteiger partial charge in [-0.15, -0.1) is 0 Å². The molecule has 1 aliphatic rings. The number of anilines is 1. The number of para-hydroxylation sites is 1. The fraction of sp³-hybridized carbons (Fsp3) is 0.500. The predicted octanol–water partition coefficient (Wildman–Crippen LogP) is 2.80. The normalized spacial score (nSPS) is 17.8. The Balaban J connectivity index is 2.19. The number of nitriles is 1. The summed E-state index contributed by atoms with van der Waals surface area (Å²) in [5.41, 5.74) is 6.50. The Morgan fingerprint density at radius 1 is 1.25 bits per heavy atom. The zero-order chi connectivity index (χ0) is 14.4. The number of nitrogens with one attached hydrogen (secondary N) is 1. The number of rotatable bonds is 3. The number of benzene rings is 1. The maximum atomic E-state index is 12.6. The fourth-order valence-corrected chi connectivity index (χ4v) is 2.87. The molecule has 0 atom stereocenters. The molecule has 20 heavy (non-hydrogen) atoms. The van der Waals surface area contributed by atoms with E-state index in [2.05, 4.69) is 11.4 Å². The molecule has 1 saturated carbocycles. The molecule has 4 heteroatoms. The number of carbonyl (C=O) groups is 1. The van der Waals surface area contributed by atoms with Crippen LogP contribution in [-0.2, 0) is 4.79 Å². The van der Waals surface area contributed by atoms with Crippen LogP contribution in [0.2, 0.25) is 0 Å². The largest absolute Gasteiger partial charge is 0.329 e. The molecule has 1 aromatic rings. The molecule has 106 valence electrons. The van der Waals surface area contributed by atoms with Crippen molar-refractivity contribution < 1.29 is 4.79 Å². The van der Waals surface area contributed by atoms with Crippen LogP contribution in [0, 0.1) is 16.7 Å². The van der Waals surface area contributed by atoms with Gasteiger partial charge in [-0.25, -0.2) is 0 Å². The second-order valence-corrected chi connectivity index (χ2v) is 5.51. The molecule has 0 saturated heterocycles. The maximum absolute atomic E-state index is 12.6. The molecule has 0 spiro atoms. The summed E-state index contributed by atoms with van der Waals surface area (Å²) < 4.78 is 0. The first kappa shape index (κ1) is 14.5. The van der Waals surface area contributed by atoms with Crippen LogP contribution < -0.4 is 11.1 Å². The average Bonchev–Trinajstić information content (AvgIpc) is 2.74. The van der Waals surface area contributed by atoms with Crippen LogP contribution in [0.15, 0.2) is 24.3 Å². The van der Waals surface area contributed by atoms with E-state index in [1.165, 1.54) is 12.8 Å². The fourth-order valence-electron chi connectivity index (χ4n) is 2.87. The minimum atomic E-state index is -0.473. The second kappa shape index (κ2) is 6.53. The zero-order valence-electron chi connectivity index (χ0n) is 11.7. The van der Waals surface area contributed by atoms with Crippen LogP contribution in [0.5, 0.6) is 0 Å². The van der Waals surface area contributed by atoms with Crippen molar-refractivity contribution in [2.45, 2.75) is 38.5 Å². The summed E-state index contributed by atoms with van der Waals surface area (Å²) in [6.07, 6.45) is 6.11. The van der Waals surface area contributed by atoms with E-state index in [1.807, 2.05) is 6.07 Å². The molecule has 0 heterocycles. The molecular formula is C16H21N3O. The van der Waals surface area contributed by atoms with Crippen molar-refractivity contribution in [3.05, 3.63) is 29.8 Å². The van der Waals surface area contributed by atoms with Gasteiger partial charge in [0.25, 0.3) is 0 Å². The van der Waals surface area contributed by atoms with Gasteiger partial charge in [0.2, 0.25) is 5.91 Å². The van der Waals surface area contributed by atoms with Crippen molar-refractivity contribution in [3.8, 4) is 6.07 Å². The van der Waals surface area contributed by atoms with E-state index in [-0.39, 0.29) is 5.91 Å². The standard InChI is InChI=1S/C16H21N3O/c17-11-13-7-3-4-8-14(13)19-15(20)16(12-18)9-5-1-2-6-10-16/h3-4,7-8H,1-2,5-6,9-10,12,18H2,(H,19,20). The van der Waals surface area contributed by atoms with Crippen LogP contribution in [0.1, 0.15) is 44.1 Å². The Morgan fingerprint density at radius 2 is 1.90 bits per heavy atom. The van der Waals surface area contributed by atoms with Crippen molar-refractivity contribution >= 4 is 11.6 Å². The van der Waals surface area contributed by atoms with E-state index in [1.54, 1.807) is 18.2 Å². The minimum Gasteiger partial charge on any atom is -0.329 e. The molecule has 0 bridgehead atoms. The van der Waals surface area contributed by atoms with Gasteiger partial charge in [-0.2, -0.15) is 5.26 Å². The Labute approximate surface area is 120 Å². The maximum Gasteiger partial charge on any atom is 0.231 e. The van der Waals surface area contributed by atoms with Crippen molar-refractivity contribution in [1.82, 2.24) is 0 Å². The number of hydrogen-bond donors (Lipinski definition) is 2. The molecule has 0 unspecified atom stereocenters. The smallest absolute Gasteiger partial charge is 0.231 e. The lowest BCUT2D eigenvalue weighted by Gasteiger charge is -2.30. The van der Waals surface area contributed by atoms with E-state index < -0.39 is 5.41 Å². The molecule has 1 fully saturated rings. The third-order valence-electron chi connectivity index (χ3n) is 4.23. The highest BCUT2D eigenvalue weighted by Gasteiger charge is 2.37. The highest BCUT2D eigenvalue weighted by Crippen LogP contribution is 2.35. The average molecular weight is 271 g/mol. The summed E-state index contributed by atoms with van der Waals surface area (Å²) in [5, 5.41) is 12.0. The van der Waals surface area contributed by atoms with Crippen molar-refractivity contribution in [3.63, 3.8) is 0 Å². The summed E-state index contributed by atoms with van der Waals surface area (Å²) in [4.78, 5) is 12.6. The molecule has 1 aliphatic carbocycles. The van der Waals surface area contributed by atoms with E-state index in [4.69, 9.17) is 11.0 Å². The van der Waals surface area contributed by atoms with Crippen LogP contribution >= 0.6 is 0 Å². The van der Waals surface area contributed by atoms with Crippen LogP contribution in [-0.4, -0.2) is 12.5 Å². The van der Waals surface area contributed by atoms with Crippen LogP contribution in [0.25, 0.3) is 0 Å².